The molecule has 412 valence electrons. The molecule has 0 saturated carbocycles. The molecule has 1 aromatic heterocycles. The van der Waals surface area contributed by atoms with Gasteiger partial charge in [0.2, 0.25) is 0 Å². The molecule has 0 amide bonds. The van der Waals surface area contributed by atoms with Gasteiger partial charge >= 0.3 is 0 Å². The van der Waals surface area contributed by atoms with E-state index in [0.717, 1.165) is 36.3 Å². The lowest BCUT2D eigenvalue weighted by Crippen LogP contribution is -2.61. The van der Waals surface area contributed by atoms with Gasteiger partial charge in [0.25, 0.3) is 6.71 Å². The average molecular weight is 1100 g/mol. The Labute approximate surface area is 490 Å². The van der Waals surface area contributed by atoms with E-state index in [4.69, 9.17) is 0 Å². The Bertz CT molecular complexity index is 3970. The van der Waals surface area contributed by atoms with E-state index in [1.165, 1.54) is 116 Å². The van der Waals surface area contributed by atoms with E-state index in [2.05, 4.69) is 283 Å². The van der Waals surface area contributed by atoms with Gasteiger partial charge in [-0.2, -0.15) is 0 Å². The van der Waals surface area contributed by atoms with E-state index in [0.29, 0.717) is 0 Å². The molecule has 3 nitrogen and oxygen atoms in total. The highest BCUT2D eigenvalue weighted by molar-refractivity contribution is 7.33. The zero-order valence-corrected chi connectivity index (χ0v) is 53.4. The van der Waals surface area contributed by atoms with Crippen LogP contribution in [-0.2, 0) is 32.5 Å². The van der Waals surface area contributed by atoms with Crippen LogP contribution >= 0.6 is 11.3 Å². The zero-order chi connectivity index (χ0) is 57.3. The monoisotopic (exact) mass is 1100 g/mol. The minimum atomic E-state index is -1.62. The number of fused-ring (bicyclic) bond motifs is 9. The molecular formula is C75H84BN3SSi. The first kappa shape index (κ1) is 53.9. The molecule has 3 heterocycles. The molecule has 0 radical (unpaired) electrons. The van der Waals surface area contributed by atoms with Crippen LogP contribution in [0, 0.1) is 0 Å². The first-order valence-electron chi connectivity index (χ1n) is 30.2. The number of nitrogens with zero attached hydrogens (tertiary/aromatic N) is 3. The molecule has 13 rings (SSSR count). The summed E-state index contributed by atoms with van der Waals surface area (Å²) in [5, 5.41) is 5.28. The van der Waals surface area contributed by atoms with Crippen molar-refractivity contribution in [2.45, 2.75) is 175 Å². The number of thiophene rings is 1. The summed E-state index contributed by atoms with van der Waals surface area (Å²) in [6.07, 6.45) is 4.64. The van der Waals surface area contributed by atoms with Crippen LogP contribution in [0.1, 0.15) is 156 Å². The average Bonchev–Trinajstić information content (AvgIpc) is 3.01. The molecule has 0 unspecified atom stereocenters. The predicted molar refractivity (Wildman–Crippen MR) is 359 cm³/mol. The summed E-state index contributed by atoms with van der Waals surface area (Å²) < 4.78 is 2.75. The summed E-state index contributed by atoms with van der Waals surface area (Å²) in [4.78, 5) is 8.01. The Balaban J connectivity index is 1.20. The second-order valence-corrected chi connectivity index (χ2v) is 36.6. The van der Waals surface area contributed by atoms with Gasteiger partial charge in [0.05, 0.1) is 19.4 Å². The molecule has 0 fully saturated rings. The highest BCUT2D eigenvalue weighted by Crippen LogP contribution is 2.55. The molecule has 0 saturated heterocycles. The van der Waals surface area contributed by atoms with Crippen LogP contribution in [0.25, 0.3) is 20.9 Å². The van der Waals surface area contributed by atoms with E-state index in [1.807, 2.05) is 11.3 Å². The van der Waals surface area contributed by atoms with Gasteiger partial charge in [0, 0.05) is 54.7 Å². The van der Waals surface area contributed by atoms with Crippen molar-refractivity contribution in [2.75, 3.05) is 14.7 Å². The van der Waals surface area contributed by atoms with E-state index in [-0.39, 0.29) is 39.2 Å². The molecule has 8 aromatic carbocycles. The summed E-state index contributed by atoms with van der Waals surface area (Å²) in [5.74, 6) is 0. The molecular weight excluding hydrogens is 1010 g/mol. The standard InChI is InChI=1S/C75H84BN3SSi/c1-70(2,3)49-23-27-51(28-24-49)77(52-29-32-56(33-30-52)81(15,16)17)55-43-64-67-65(44-55)79(53-26-22-47-20-18-19-21-48(47)40-53)68-57-41-50(71(4,5)6)25-35-66(57)80-69(68)76(67)62-45-60-61(75(13,14)39-38-74(60,11)12)46-63(62)78(64)54-31-34-58-59(42-54)73(9,10)37-36-72(58,7)8/h18-35,40-46H,36-39H2,1-17H3. The fraction of sp³-hybridized carbons (Fsp3) is 0.360. The van der Waals surface area contributed by atoms with E-state index >= 15 is 0 Å². The van der Waals surface area contributed by atoms with E-state index in [1.54, 1.807) is 0 Å². The third-order valence-corrected chi connectivity index (χ3v) is 23.1. The Morgan fingerprint density at radius 3 is 1.59 bits per heavy atom. The van der Waals surface area contributed by atoms with Gasteiger partial charge in [-0.05, 0) is 192 Å². The summed E-state index contributed by atoms with van der Waals surface area (Å²) in [6.45, 7) is 41.3. The Morgan fingerprint density at radius 1 is 0.469 bits per heavy atom. The third-order valence-electron chi connectivity index (χ3n) is 19.8. The van der Waals surface area contributed by atoms with Gasteiger partial charge in [-0.1, -0.05) is 195 Å². The van der Waals surface area contributed by atoms with Crippen LogP contribution in [-0.4, -0.2) is 14.8 Å². The van der Waals surface area contributed by atoms with Crippen LogP contribution in [0.2, 0.25) is 19.6 Å². The normalized spacial score (nSPS) is 17.6. The lowest BCUT2D eigenvalue weighted by atomic mass is 9.35. The molecule has 0 spiro atoms. The van der Waals surface area contributed by atoms with Crippen molar-refractivity contribution < 1.29 is 0 Å². The van der Waals surface area contributed by atoms with Crippen molar-refractivity contribution in [2.24, 2.45) is 0 Å². The third kappa shape index (κ3) is 8.77. The number of rotatable bonds is 6. The van der Waals surface area contributed by atoms with Gasteiger partial charge in [-0.3, -0.25) is 0 Å². The van der Waals surface area contributed by atoms with Crippen LogP contribution in [0.4, 0.5) is 51.2 Å². The first-order chi connectivity index (χ1) is 38.0. The maximum Gasteiger partial charge on any atom is 0.264 e. The van der Waals surface area contributed by atoms with E-state index < -0.39 is 8.07 Å². The van der Waals surface area contributed by atoms with Crippen LogP contribution in [0.5, 0.6) is 0 Å². The number of hydrogen-bond donors (Lipinski definition) is 0. The number of benzene rings is 8. The van der Waals surface area contributed by atoms with Crippen molar-refractivity contribution in [3.05, 3.63) is 185 Å². The second-order valence-electron chi connectivity index (χ2n) is 30.5. The lowest BCUT2D eigenvalue weighted by molar-refractivity contribution is 0.332. The zero-order valence-electron chi connectivity index (χ0n) is 51.6. The summed E-state index contributed by atoms with van der Waals surface area (Å²) >= 11 is 2.02. The summed E-state index contributed by atoms with van der Waals surface area (Å²) in [7, 11) is -1.62. The maximum absolute atomic E-state index is 2.74. The van der Waals surface area contributed by atoms with Gasteiger partial charge in [0.1, 0.15) is 0 Å². The van der Waals surface area contributed by atoms with Gasteiger partial charge in [-0.15, -0.1) is 11.3 Å². The summed E-state index contributed by atoms with van der Waals surface area (Å²) in [6, 6.07) is 60.8. The molecule has 2 aliphatic carbocycles. The van der Waals surface area contributed by atoms with Crippen LogP contribution in [0.3, 0.4) is 0 Å². The fourth-order valence-electron chi connectivity index (χ4n) is 14.4. The Hall–Kier alpha value is -6.34. The van der Waals surface area contributed by atoms with Crippen molar-refractivity contribution in [1.82, 2.24) is 0 Å². The van der Waals surface area contributed by atoms with Gasteiger partial charge < -0.3 is 14.7 Å². The molecule has 81 heavy (non-hydrogen) atoms. The largest absolute Gasteiger partial charge is 0.311 e. The van der Waals surface area contributed by atoms with Crippen molar-refractivity contribution in [3.8, 4) is 0 Å². The minimum absolute atomic E-state index is 0.00434. The van der Waals surface area contributed by atoms with E-state index in [9.17, 15) is 0 Å². The molecule has 4 aliphatic rings. The molecule has 0 atom stereocenters. The van der Waals surface area contributed by atoms with Gasteiger partial charge in [-0.25, -0.2) is 0 Å². The second kappa shape index (κ2) is 18.1. The van der Waals surface area contributed by atoms with Crippen LogP contribution in [0.15, 0.2) is 152 Å². The van der Waals surface area contributed by atoms with Gasteiger partial charge in [0.15, 0.2) is 0 Å². The predicted octanol–water partition coefficient (Wildman–Crippen LogP) is 19.4. The number of anilines is 9. The Morgan fingerprint density at radius 2 is 0.988 bits per heavy atom. The maximum atomic E-state index is 2.74. The SMILES string of the molecule is CC(C)(C)c1ccc(N(c2ccc([Si](C)(C)C)cc2)c2cc3c4c(c2)N(c2ccc5ccccc5c2)c2c(sc5ccc(C(C)(C)C)cc25)B4c2cc4c(cc2N3c2ccc3c(c2)C(C)(C)CCC3(C)C)C(C)(C)CCC4(C)C)cc1. The molecule has 6 heteroatoms. The van der Waals surface area contributed by atoms with Crippen molar-refractivity contribution in [1.29, 1.82) is 0 Å². The highest BCUT2D eigenvalue weighted by Gasteiger charge is 2.49. The fourth-order valence-corrected chi connectivity index (χ4v) is 16.8. The quantitative estimate of drug-likeness (QED) is 0.154. The number of hydrogen-bond acceptors (Lipinski definition) is 4. The smallest absolute Gasteiger partial charge is 0.264 e. The van der Waals surface area contributed by atoms with Crippen molar-refractivity contribution >= 4 is 119 Å². The van der Waals surface area contributed by atoms with Crippen LogP contribution < -0.4 is 35.6 Å². The molecule has 9 aromatic rings. The molecule has 2 aliphatic heterocycles. The molecule has 0 bridgehead atoms. The Kier molecular flexibility index (Phi) is 12.0. The highest BCUT2D eigenvalue weighted by atomic mass is 32.1. The molecule has 0 N–H and O–H groups in total. The lowest BCUT2D eigenvalue weighted by Gasteiger charge is -2.48. The summed E-state index contributed by atoms with van der Waals surface area (Å²) in [5.41, 5.74) is 22.5. The topological polar surface area (TPSA) is 9.72 Å². The minimum Gasteiger partial charge on any atom is -0.311 e. The first-order valence-corrected chi connectivity index (χ1v) is 34.5. The van der Waals surface area contributed by atoms with Crippen molar-refractivity contribution in [3.63, 3.8) is 0 Å².